The van der Waals surface area contributed by atoms with Crippen molar-refractivity contribution in [2.75, 3.05) is 6.54 Å². The molecule has 0 aliphatic carbocycles. The number of halogens is 3. The van der Waals surface area contributed by atoms with E-state index in [2.05, 4.69) is 10.3 Å². The summed E-state index contributed by atoms with van der Waals surface area (Å²) in [6.07, 6.45) is -2.72. The first-order valence-corrected chi connectivity index (χ1v) is 5.69. The number of nitrogens with one attached hydrogen (secondary N) is 1. The van der Waals surface area contributed by atoms with Gasteiger partial charge >= 0.3 is 6.18 Å². The Morgan fingerprint density at radius 3 is 2.56 bits per heavy atom. The van der Waals surface area contributed by atoms with Crippen molar-refractivity contribution < 1.29 is 18.0 Å². The van der Waals surface area contributed by atoms with Crippen molar-refractivity contribution in [3.8, 4) is 0 Å². The van der Waals surface area contributed by atoms with E-state index in [1.807, 2.05) is 6.92 Å². The van der Waals surface area contributed by atoms with Gasteiger partial charge in [-0.25, -0.2) is 4.98 Å². The van der Waals surface area contributed by atoms with E-state index < -0.39 is 11.9 Å². The molecule has 1 N–H and O–H groups in total. The molecule has 0 spiro atoms. The van der Waals surface area contributed by atoms with Crippen LogP contribution in [0, 0.1) is 6.92 Å². The van der Waals surface area contributed by atoms with Gasteiger partial charge < -0.3 is 5.32 Å². The van der Waals surface area contributed by atoms with Gasteiger partial charge in [0.05, 0.1) is 11.3 Å². The third kappa shape index (κ3) is 3.72. The summed E-state index contributed by atoms with van der Waals surface area (Å²) in [5, 5.41) is 2.64. The van der Waals surface area contributed by atoms with Crippen LogP contribution < -0.4 is 5.32 Å². The molecule has 1 rings (SSSR count). The second-order valence-corrected chi connectivity index (χ2v) is 3.94. The minimum Gasteiger partial charge on any atom is -0.352 e. The van der Waals surface area contributed by atoms with Crippen LogP contribution in [0.25, 0.3) is 0 Å². The Morgan fingerprint density at radius 2 is 2.06 bits per heavy atom. The lowest BCUT2D eigenvalue weighted by Crippen LogP contribution is -2.25. The largest absolute Gasteiger partial charge is 0.433 e. The first kappa shape index (κ1) is 14.5. The van der Waals surface area contributed by atoms with Crippen LogP contribution in [-0.2, 0) is 6.18 Å². The minimum absolute atomic E-state index is 0.0822. The Balaban J connectivity index is 2.82. The fourth-order valence-corrected chi connectivity index (χ4v) is 1.43. The van der Waals surface area contributed by atoms with Crippen LogP contribution in [0.15, 0.2) is 12.1 Å². The predicted molar refractivity (Wildman–Crippen MR) is 61.2 cm³/mol. The van der Waals surface area contributed by atoms with Crippen LogP contribution in [0.1, 0.15) is 41.5 Å². The highest BCUT2D eigenvalue weighted by atomic mass is 19.4. The smallest absolute Gasteiger partial charge is 0.352 e. The van der Waals surface area contributed by atoms with Gasteiger partial charge in [0, 0.05) is 6.54 Å². The summed E-state index contributed by atoms with van der Waals surface area (Å²) in [6.45, 7) is 3.89. The molecule has 0 fully saturated rings. The zero-order valence-electron chi connectivity index (χ0n) is 10.3. The Morgan fingerprint density at radius 1 is 1.39 bits per heavy atom. The molecule has 0 saturated carbocycles. The highest BCUT2D eigenvalue weighted by Crippen LogP contribution is 2.28. The van der Waals surface area contributed by atoms with Crippen molar-refractivity contribution in [2.24, 2.45) is 0 Å². The number of amides is 1. The molecular weight excluding hydrogens is 245 g/mol. The molecule has 0 aliphatic heterocycles. The molecule has 0 unspecified atom stereocenters. The van der Waals surface area contributed by atoms with Crippen LogP contribution in [-0.4, -0.2) is 17.4 Å². The highest BCUT2D eigenvalue weighted by Gasteiger charge is 2.32. The van der Waals surface area contributed by atoms with E-state index in [0.29, 0.717) is 6.54 Å². The van der Waals surface area contributed by atoms with Crippen molar-refractivity contribution in [1.29, 1.82) is 0 Å². The number of rotatable bonds is 4. The molecular formula is C12H15F3N2O. The second-order valence-electron chi connectivity index (χ2n) is 3.94. The fourth-order valence-electron chi connectivity index (χ4n) is 1.43. The molecule has 0 atom stereocenters. The van der Waals surface area contributed by atoms with E-state index in [0.717, 1.165) is 25.0 Å². The Kier molecular flexibility index (Phi) is 4.69. The van der Waals surface area contributed by atoms with Gasteiger partial charge in [-0.2, -0.15) is 13.2 Å². The van der Waals surface area contributed by atoms with Crippen LogP contribution in [0.2, 0.25) is 0 Å². The molecule has 100 valence electrons. The number of aryl methyl sites for hydroxylation is 1. The number of nitrogens with zero attached hydrogens (tertiary/aromatic N) is 1. The summed E-state index contributed by atoms with van der Waals surface area (Å²) in [4.78, 5) is 15.1. The number of alkyl halides is 3. The maximum atomic E-state index is 12.4. The van der Waals surface area contributed by atoms with Crippen LogP contribution in [0.5, 0.6) is 0 Å². The standard InChI is InChI=1S/C12H15F3N2O/c1-3-4-7-16-11(18)9-5-6-10(12(13,14)15)17-8(9)2/h5-6H,3-4,7H2,1-2H3,(H,16,18). The third-order valence-electron chi connectivity index (χ3n) is 2.44. The summed E-state index contributed by atoms with van der Waals surface area (Å²) < 4.78 is 37.2. The molecule has 1 heterocycles. The quantitative estimate of drug-likeness (QED) is 0.846. The lowest BCUT2D eigenvalue weighted by atomic mass is 10.1. The topological polar surface area (TPSA) is 42.0 Å². The van der Waals surface area contributed by atoms with Crippen molar-refractivity contribution >= 4 is 5.91 Å². The van der Waals surface area contributed by atoms with E-state index >= 15 is 0 Å². The zero-order valence-corrected chi connectivity index (χ0v) is 10.3. The molecule has 0 aromatic carbocycles. The lowest BCUT2D eigenvalue weighted by molar-refractivity contribution is -0.141. The van der Waals surface area contributed by atoms with E-state index in [1.165, 1.54) is 6.92 Å². The summed E-state index contributed by atoms with van der Waals surface area (Å²) in [7, 11) is 0. The molecule has 18 heavy (non-hydrogen) atoms. The molecule has 3 nitrogen and oxygen atoms in total. The lowest BCUT2D eigenvalue weighted by Gasteiger charge is -2.10. The molecule has 0 bridgehead atoms. The number of unbranched alkanes of at least 4 members (excludes halogenated alkanes) is 1. The van der Waals surface area contributed by atoms with Crippen molar-refractivity contribution in [3.05, 3.63) is 29.1 Å². The number of hydrogen-bond acceptors (Lipinski definition) is 2. The highest BCUT2D eigenvalue weighted by molar-refractivity contribution is 5.95. The first-order valence-electron chi connectivity index (χ1n) is 5.69. The maximum Gasteiger partial charge on any atom is 0.433 e. The van der Waals surface area contributed by atoms with Crippen LogP contribution in [0.4, 0.5) is 13.2 Å². The van der Waals surface area contributed by atoms with Gasteiger partial charge in [-0.15, -0.1) is 0 Å². The minimum atomic E-state index is -4.48. The SMILES string of the molecule is CCCCNC(=O)c1ccc(C(F)(F)F)nc1C. The Labute approximate surface area is 103 Å². The van der Waals surface area contributed by atoms with Gasteiger partial charge in [0.25, 0.3) is 5.91 Å². The van der Waals surface area contributed by atoms with Gasteiger partial charge in [-0.05, 0) is 25.5 Å². The summed E-state index contributed by atoms with van der Waals surface area (Å²) in [6, 6.07) is 1.98. The fraction of sp³-hybridized carbons (Fsp3) is 0.500. The molecule has 0 saturated heterocycles. The van der Waals surface area contributed by atoms with Gasteiger partial charge in [0.1, 0.15) is 5.69 Å². The molecule has 0 aliphatic rings. The number of carbonyl (C=O) groups is 1. The first-order chi connectivity index (χ1) is 8.36. The summed E-state index contributed by atoms with van der Waals surface area (Å²) in [5.41, 5.74) is -0.719. The monoisotopic (exact) mass is 260 g/mol. The van der Waals surface area contributed by atoms with Crippen LogP contribution >= 0.6 is 0 Å². The molecule has 1 aromatic rings. The summed E-state index contributed by atoms with van der Waals surface area (Å²) in [5.74, 6) is -0.387. The van der Waals surface area contributed by atoms with E-state index in [-0.39, 0.29) is 17.2 Å². The second kappa shape index (κ2) is 5.84. The predicted octanol–water partition coefficient (Wildman–Crippen LogP) is 2.94. The van der Waals surface area contributed by atoms with Crippen molar-refractivity contribution in [3.63, 3.8) is 0 Å². The number of carbonyl (C=O) groups excluding carboxylic acids is 1. The maximum absolute atomic E-state index is 12.4. The van der Waals surface area contributed by atoms with E-state index in [9.17, 15) is 18.0 Å². The van der Waals surface area contributed by atoms with Gasteiger partial charge in [0.15, 0.2) is 0 Å². The molecule has 1 amide bonds. The average molecular weight is 260 g/mol. The van der Waals surface area contributed by atoms with Gasteiger partial charge in [-0.1, -0.05) is 13.3 Å². The molecule has 0 radical (unpaired) electrons. The molecule has 1 aromatic heterocycles. The number of aromatic nitrogens is 1. The number of pyridine rings is 1. The Hall–Kier alpha value is -1.59. The van der Waals surface area contributed by atoms with Crippen LogP contribution in [0.3, 0.4) is 0 Å². The normalized spacial score (nSPS) is 11.4. The third-order valence-corrected chi connectivity index (χ3v) is 2.44. The zero-order chi connectivity index (χ0) is 13.8. The van der Waals surface area contributed by atoms with Gasteiger partial charge in [-0.3, -0.25) is 4.79 Å². The van der Waals surface area contributed by atoms with Gasteiger partial charge in [0.2, 0.25) is 0 Å². The van der Waals surface area contributed by atoms with E-state index in [4.69, 9.17) is 0 Å². The Bertz CT molecular complexity index is 430. The average Bonchev–Trinajstić information content (AvgIpc) is 2.27. The number of hydrogen-bond donors (Lipinski definition) is 1. The van der Waals surface area contributed by atoms with E-state index in [1.54, 1.807) is 0 Å². The summed E-state index contributed by atoms with van der Waals surface area (Å²) >= 11 is 0. The molecule has 6 heteroatoms. The van der Waals surface area contributed by atoms with Crippen molar-refractivity contribution in [1.82, 2.24) is 10.3 Å². The van der Waals surface area contributed by atoms with Crippen molar-refractivity contribution in [2.45, 2.75) is 32.9 Å².